The Balaban J connectivity index is 2.67. The van der Waals surface area contributed by atoms with Crippen molar-refractivity contribution >= 4 is 5.91 Å². The predicted octanol–water partition coefficient (Wildman–Crippen LogP) is 3.29. The number of ether oxygens (including phenoxy) is 1. The van der Waals surface area contributed by atoms with E-state index < -0.39 is 16.7 Å². The van der Waals surface area contributed by atoms with Crippen LogP contribution in [0.5, 0.6) is 0 Å². The van der Waals surface area contributed by atoms with Crippen LogP contribution in [0.25, 0.3) is 0 Å². The number of hydrogen-bond acceptors (Lipinski definition) is 4. The van der Waals surface area contributed by atoms with E-state index in [1.807, 2.05) is 48.5 Å². The number of carbonyl (C=O) groups excluding carboxylic acids is 1. The first-order valence-electron chi connectivity index (χ1n) is 8.98. The molecule has 0 atom stereocenters. The highest BCUT2D eigenvalue weighted by Crippen LogP contribution is 2.32. The maximum atomic E-state index is 12.5. The number of nitriles is 1. The van der Waals surface area contributed by atoms with Crippen LogP contribution >= 0.6 is 0 Å². The molecule has 138 valence electrons. The zero-order valence-electron chi connectivity index (χ0n) is 16.5. The lowest BCUT2D eigenvalue weighted by molar-refractivity contribution is -0.129. The van der Waals surface area contributed by atoms with Gasteiger partial charge in [0.1, 0.15) is 0 Å². The van der Waals surface area contributed by atoms with E-state index in [0.29, 0.717) is 6.61 Å². The maximum Gasteiger partial charge on any atom is 0.240 e. The molecular weight excluding hydrogens is 302 g/mol. The third kappa shape index (κ3) is 6.41. The molecule has 0 unspecified atom stereocenters. The summed E-state index contributed by atoms with van der Waals surface area (Å²) in [6.45, 7) is 14.1. The fourth-order valence-corrected chi connectivity index (χ4v) is 3.17. The Morgan fingerprint density at radius 3 is 2.08 bits per heavy atom. The summed E-state index contributed by atoms with van der Waals surface area (Å²) < 4.78 is 6.06. The number of carbonyl (C=O) groups is 1. The fourth-order valence-electron chi connectivity index (χ4n) is 3.17. The lowest BCUT2D eigenvalue weighted by atomic mass is 9.85. The van der Waals surface area contributed by atoms with Gasteiger partial charge in [0, 0.05) is 11.1 Å². The van der Waals surface area contributed by atoms with Crippen LogP contribution in [-0.4, -0.2) is 34.7 Å². The molecule has 0 bridgehead atoms. The molecule has 0 saturated heterocycles. The van der Waals surface area contributed by atoms with Crippen LogP contribution in [0, 0.1) is 11.3 Å². The van der Waals surface area contributed by atoms with Gasteiger partial charge in [0.05, 0.1) is 18.2 Å². The van der Waals surface area contributed by atoms with Gasteiger partial charge in [0.15, 0.2) is 5.60 Å². The second-order valence-corrected chi connectivity index (χ2v) is 9.29. The van der Waals surface area contributed by atoms with Crippen molar-refractivity contribution in [1.82, 2.24) is 10.6 Å². The summed E-state index contributed by atoms with van der Waals surface area (Å²) in [6.07, 6.45) is 4.86. The highest BCUT2D eigenvalue weighted by Gasteiger charge is 2.38. The summed E-state index contributed by atoms with van der Waals surface area (Å²) in [5.74, 6) is -0.0456. The van der Waals surface area contributed by atoms with Gasteiger partial charge in [-0.05, 0) is 74.1 Å². The molecule has 5 nitrogen and oxygen atoms in total. The SMILES string of the molecule is CC(C)(C)NC(=O)C(C)(C)NC(C)(C)COC1(C#N)CCCCC1. The van der Waals surface area contributed by atoms with Crippen molar-refractivity contribution in [3.05, 3.63) is 0 Å². The third-order valence-corrected chi connectivity index (χ3v) is 4.28. The summed E-state index contributed by atoms with van der Waals surface area (Å²) in [4.78, 5) is 12.5. The van der Waals surface area contributed by atoms with Crippen molar-refractivity contribution in [2.75, 3.05) is 6.61 Å². The largest absolute Gasteiger partial charge is 0.358 e. The maximum absolute atomic E-state index is 12.5. The smallest absolute Gasteiger partial charge is 0.240 e. The van der Waals surface area contributed by atoms with Crippen LogP contribution < -0.4 is 10.6 Å². The third-order valence-electron chi connectivity index (χ3n) is 4.28. The average molecular weight is 338 g/mol. The van der Waals surface area contributed by atoms with Gasteiger partial charge in [-0.25, -0.2) is 0 Å². The lowest BCUT2D eigenvalue weighted by Crippen LogP contribution is -2.63. The number of hydrogen-bond donors (Lipinski definition) is 2. The van der Waals surface area contributed by atoms with Crippen LogP contribution in [0.4, 0.5) is 0 Å². The van der Waals surface area contributed by atoms with E-state index >= 15 is 0 Å². The number of nitrogens with zero attached hydrogens (tertiary/aromatic N) is 1. The summed E-state index contributed by atoms with van der Waals surface area (Å²) >= 11 is 0. The van der Waals surface area contributed by atoms with Crippen molar-refractivity contribution in [3.63, 3.8) is 0 Å². The van der Waals surface area contributed by atoms with Crippen molar-refractivity contribution in [3.8, 4) is 6.07 Å². The second-order valence-electron chi connectivity index (χ2n) is 9.29. The normalized spacial score (nSPS) is 18.8. The van der Waals surface area contributed by atoms with E-state index in [4.69, 9.17) is 4.74 Å². The molecule has 0 aromatic carbocycles. The van der Waals surface area contributed by atoms with Crippen LogP contribution in [0.15, 0.2) is 0 Å². The van der Waals surface area contributed by atoms with Gasteiger partial charge in [-0.1, -0.05) is 6.42 Å². The Hall–Kier alpha value is -1.12. The van der Waals surface area contributed by atoms with Gasteiger partial charge in [-0.3, -0.25) is 10.1 Å². The highest BCUT2D eigenvalue weighted by atomic mass is 16.5. The van der Waals surface area contributed by atoms with Crippen LogP contribution in [0.3, 0.4) is 0 Å². The molecule has 0 radical (unpaired) electrons. The summed E-state index contributed by atoms with van der Waals surface area (Å²) in [5.41, 5.74) is -2.08. The molecule has 0 heterocycles. The number of amides is 1. The molecule has 1 rings (SSSR count). The van der Waals surface area contributed by atoms with Crippen molar-refractivity contribution in [1.29, 1.82) is 5.26 Å². The Bertz CT molecular complexity index is 478. The molecule has 0 spiro atoms. The second kappa shape index (κ2) is 7.41. The van der Waals surface area contributed by atoms with Gasteiger partial charge in [0.25, 0.3) is 0 Å². The molecule has 0 aromatic rings. The van der Waals surface area contributed by atoms with E-state index in [1.54, 1.807) is 0 Å². The summed E-state index contributed by atoms with van der Waals surface area (Å²) in [5, 5.41) is 15.9. The topological polar surface area (TPSA) is 74.2 Å². The van der Waals surface area contributed by atoms with Gasteiger partial charge in [-0.15, -0.1) is 0 Å². The lowest BCUT2D eigenvalue weighted by Gasteiger charge is -2.40. The average Bonchev–Trinajstić information content (AvgIpc) is 2.43. The molecule has 1 aliphatic carbocycles. The van der Waals surface area contributed by atoms with E-state index in [2.05, 4.69) is 16.7 Å². The van der Waals surface area contributed by atoms with E-state index in [-0.39, 0.29) is 11.4 Å². The summed E-state index contributed by atoms with van der Waals surface area (Å²) in [6, 6.07) is 2.38. The monoisotopic (exact) mass is 337 g/mol. The van der Waals surface area contributed by atoms with Gasteiger partial charge in [-0.2, -0.15) is 5.26 Å². The zero-order chi connectivity index (χ0) is 18.6. The summed E-state index contributed by atoms with van der Waals surface area (Å²) in [7, 11) is 0. The molecule has 24 heavy (non-hydrogen) atoms. The minimum absolute atomic E-state index is 0.0456. The van der Waals surface area contributed by atoms with E-state index in [0.717, 1.165) is 25.7 Å². The molecule has 1 saturated carbocycles. The Kier molecular flexibility index (Phi) is 6.46. The molecule has 1 amide bonds. The van der Waals surface area contributed by atoms with Crippen molar-refractivity contribution in [2.24, 2.45) is 0 Å². The number of nitrogens with one attached hydrogen (secondary N) is 2. The Morgan fingerprint density at radius 2 is 1.62 bits per heavy atom. The highest BCUT2D eigenvalue weighted by molar-refractivity contribution is 5.86. The molecule has 1 aliphatic rings. The van der Waals surface area contributed by atoms with Gasteiger partial charge in [0.2, 0.25) is 5.91 Å². The van der Waals surface area contributed by atoms with Crippen LogP contribution in [0.1, 0.15) is 80.6 Å². The molecule has 2 N–H and O–H groups in total. The molecule has 5 heteroatoms. The first-order valence-corrected chi connectivity index (χ1v) is 8.98. The van der Waals surface area contributed by atoms with Gasteiger partial charge < -0.3 is 10.1 Å². The number of rotatable bonds is 6. The Labute approximate surface area is 147 Å². The van der Waals surface area contributed by atoms with Gasteiger partial charge >= 0.3 is 0 Å². The molecular formula is C19H35N3O2. The van der Waals surface area contributed by atoms with Crippen LogP contribution in [-0.2, 0) is 9.53 Å². The molecule has 0 aliphatic heterocycles. The zero-order valence-corrected chi connectivity index (χ0v) is 16.5. The Morgan fingerprint density at radius 1 is 1.08 bits per heavy atom. The predicted molar refractivity (Wildman–Crippen MR) is 96.6 cm³/mol. The quantitative estimate of drug-likeness (QED) is 0.780. The first kappa shape index (κ1) is 20.9. The minimum Gasteiger partial charge on any atom is -0.358 e. The molecule has 1 fully saturated rings. The molecule has 0 aromatic heterocycles. The van der Waals surface area contributed by atoms with Crippen LogP contribution in [0.2, 0.25) is 0 Å². The minimum atomic E-state index is -0.730. The van der Waals surface area contributed by atoms with Crippen molar-refractivity contribution < 1.29 is 9.53 Å². The van der Waals surface area contributed by atoms with E-state index in [1.165, 1.54) is 6.42 Å². The van der Waals surface area contributed by atoms with E-state index in [9.17, 15) is 10.1 Å². The first-order chi connectivity index (χ1) is 10.8. The standard InChI is InChI=1S/C19H35N3O2/c1-16(2,3)21-15(23)18(6,7)22-17(4,5)14-24-19(13-20)11-9-8-10-12-19/h22H,8-12,14H2,1-7H3,(H,21,23). The van der Waals surface area contributed by atoms with Crippen molar-refractivity contribution in [2.45, 2.75) is 103 Å². The fraction of sp³-hybridized carbons (Fsp3) is 0.895.